The van der Waals surface area contributed by atoms with Gasteiger partial charge < -0.3 is 15.0 Å². The summed E-state index contributed by atoms with van der Waals surface area (Å²) in [6.07, 6.45) is 0. The number of fused-ring (bicyclic) bond motifs is 1. The van der Waals surface area contributed by atoms with Crippen molar-refractivity contribution < 1.29 is 9.53 Å². The van der Waals surface area contributed by atoms with E-state index in [-0.39, 0.29) is 17.6 Å². The second kappa shape index (κ2) is 8.77. The number of nitrogens with one attached hydrogen (secondary N) is 1. The van der Waals surface area contributed by atoms with E-state index in [0.717, 1.165) is 5.82 Å². The van der Waals surface area contributed by atoms with Crippen LogP contribution in [0.15, 0.2) is 53.3 Å². The molecule has 0 radical (unpaired) electrons. The van der Waals surface area contributed by atoms with E-state index in [1.54, 1.807) is 29.7 Å². The summed E-state index contributed by atoms with van der Waals surface area (Å²) in [5.74, 6) is 1.36. The molecule has 1 fully saturated rings. The van der Waals surface area contributed by atoms with E-state index in [1.807, 2.05) is 42.5 Å². The Morgan fingerprint density at radius 3 is 2.48 bits per heavy atom. The first-order valence-electron chi connectivity index (χ1n) is 10.4. The number of ether oxygens (including phenoxy) is 1. The lowest BCUT2D eigenvalue weighted by molar-refractivity contribution is 0.114. The van der Waals surface area contributed by atoms with Gasteiger partial charge in [-0.25, -0.2) is 9.78 Å². The highest BCUT2D eigenvalue weighted by Gasteiger charge is 2.27. The zero-order valence-corrected chi connectivity index (χ0v) is 18.0. The minimum absolute atomic E-state index is 0.0396. The Labute approximate surface area is 181 Å². The third kappa shape index (κ3) is 4.11. The molecular weight excluding hydrogens is 394 g/mol. The van der Waals surface area contributed by atoms with Crippen molar-refractivity contribution in [2.45, 2.75) is 13.0 Å². The van der Waals surface area contributed by atoms with E-state index >= 15 is 0 Å². The molecule has 1 aromatic heterocycles. The van der Waals surface area contributed by atoms with Crippen molar-refractivity contribution in [3.63, 3.8) is 0 Å². The number of carbonyl (C=O) groups is 1. The molecule has 31 heavy (non-hydrogen) atoms. The van der Waals surface area contributed by atoms with Crippen LogP contribution in [-0.4, -0.2) is 58.7 Å². The molecule has 0 spiro atoms. The van der Waals surface area contributed by atoms with Gasteiger partial charge in [0.25, 0.3) is 5.56 Å². The van der Waals surface area contributed by atoms with Gasteiger partial charge in [0, 0.05) is 33.2 Å². The van der Waals surface area contributed by atoms with Crippen LogP contribution >= 0.6 is 0 Å². The van der Waals surface area contributed by atoms with E-state index in [1.165, 1.54) is 0 Å². The number of methoxy groups -OCH3 is 1. The summed E-state index contributed by atoms with van der Waals surface area (Å²) < 4.78 is 6.94. The number of para-hydroxylation sites is 3. The zero-order chi connectivity index (χ0) is 22.0. The average molecular weight is 422 g/mol. The largest absolute Gasteiger partial charge is 0.495 e. The molecule has 8 nitrogen and oxygen atoms in total. The number of aromatic nitrogens is 2. The predicted molar refractivity (Wildman–Crippen MR) is 121 cm³/mol. The highest BCUT2D eigenvalue weighted by molar-refractivity contribution is 5.91. The van der Waals surface area contributed by atoms with Gasteiger partial charge in [0.1, 0.15) is 11.6 Å². The summed E-state index contributed by atoms with van der Waals surface area (Å²) >= 11 is 0. The molecule has 0 bridgehead atoms. The smallest absolute Gasteiger partial charge is 0.322 e. The van der Waals surface area contributed by atoms with Crippen LogP contribution < -0.4 is 15.6 Å². The first kappa shape index (κ1) is 20.9. The Morgan fingerprint density at radius 2 is 1.74 bits per heavy atom. The number of amides is 2. The Kier molecular flexibility index (Phi) is 5.90. The standard InChI is InChI=1S/C23H27N5O3/c1-16(21-24-18-9-5-4-8-17(18)22(29)26(21)2)27-12-14-28(15-13-27)23(30)25-19-10-6-7-11-20(19)31-3/h4-11,16H,12-15H2,1-3H3,(H,25,30)/t16-/m0/s1. The fraction of sp³-hybridized carbons (Fsp3) is 0.348. The lowest BCUT2D eigenvalue weighted by Gasteiger charge is -2.38. The summed E-state index contributed by atoms with van der Waals surface area (Å²) in [6.45, 7) is 4.63. The summed E-state index contributed by atoms with van der Waals surface area (Å²) in [6, 6.07) is 14.6. The van der Waals surface area contributed by atoms with Crippen molar-refractivity contribution in [1.82, 2.24) is 19.4 Å². The lowest BCUT2D eigenvalue weighted by Crippen LogP contribution is -2.51. The molecule has 1 atom stereocenters. The molecule has 3 aromatic rings. The van der Waals surface area contributed by atoms with Crippen molar-refractivity contribution in [1.29, 1.82) is 0 Å². The molecule has 162 valence electrons. The number of hydrogen-bond acceptors (Lipinski definition) is 5. The fourth-order valence-electron chi connectivity index (χ4n) is 4.03. The number of benzene rings is 2. The number of piperazine rings is 1. The van der Waals surface area contributed by atoms with E-state index in [9.17, 15) is 9.59 Å². The first-order valence-corrected chi connectivity index (χ1v) is 10.4. The van der Waals surface area contributed by atoms with E-state index in [2.05, 4.69) is 17.1 Å². The number of hydrogen-bond donors (Lipinski definition) is 1. The van der Waals surface area contributed by atoms with Gasteiger partial charge >= 0.3 is 6.03 Å². The van der Waals surface area contributed by atoms with Crippen LogP contribution in [0.3, 0.4) is 0 Å². The molecular formula is C23H27N5O3. The topological polar surface area (TPSA) is 79.7 Å². The number of anilines is 1. The van der Waals surface area contributed by atoms with Crippen LogP contribution in [0, 0.1) is 0 Å². The molecule has 2 heterocycles. The molecule has 1 saturated heterocycles. The molecule has 1 aliphatic rings. The van der Waals surface area contributed by atoms with Gasteiger partial charge in [0.15, 0.2) is 0 Å². The molecule has 0 aliphatic carbocycles. The van der Waals surface area contributed by atoms with Crippen LogP contribution in [-0.2, 0) is 7.05 Å². The molecule has 1 N–H and O–H groups in total. The Balaban J connectivity index is 1.44. The number of nitrogens with zero attached hydrogens (tertiary/aromatic N) is 4. The molecule has 4 rings (SSSR count). The van der Waals surface area contributed by atoms with Crippen LogP contribution in [0.5, 0.6) is 5.75 Å². The second-order valence-corrected chi connectivity index (χ2v) is 7.68. The van der Waals surface area contributed by atoms with Gasteiger partial charge in [0.2, 0.25) is 0 Å². The molecule has 1 aliphatic heterocycles. The van der Waals surface area contributed by atoms with Crippen LogP contribution in [0.4, 0.5) is 10.5 Å². The van der Waals surface area contributed by atoms with E-state index in [4.69, 9.17) is 9.72 Å². The van der Waals surface area contributed by atoms with E-state index < -0.39 is 0 Å². The summed E-state index contributed by atoms with van der Waals surface area (Å²) in [7, 11) is 3.35. The maximum absolute atomic E-state index is 12.7. The molecule has 2 aromatic carbocycles. The van der Waals surface area contributed by atoms with Gasteiger partial charge in [-0.2, -0.15) is 0 Å². The van der Waals surface area contributed by atoms with Gasteiger partial charge in [-0.1, -0.05) is 24.3 Å². The highest BCUT2D eigenvalue weighted by atomic mass is 16.5. The summed E-state index contributed by atoms with van der Waals surface area (Å²) in [4.78, 5) is 34.2. The van der Waals surface area contributed by atoms with Crippen LogP contribution in [0.1, 0.15) is 18.8 Å². The minimum Gasteiger partial charge on any atom is -0.495 e. The van der Waals surface area contributed by atoms with Gasteiger partial charge in [-0.3, -0.25) is 14.3 Å². The molecule has 8 heteroatoms. The summed E-state index contributed by atoms with van der Waals surface area (Å²) in [5.41, 5.74) is 1.32. The van der Waals surface area contributed by atoms with Gasteiger partial charge in [-0.15, -0.1) is 0 Å². The van der Waals surface area contributed by atoms with Crippen molar-refractivity contribution in [2.75, 3.05) is 38.6 Å². The monoisotopic (exact) mass is 421 g/mol. The number of rotatable bonds is 4. The second-order valence-electron chi connectivity index (χ2n) is 7.68. The van der Waals surface area contributed by atoms with Crippen molar-refractivity contribution in [3.05, 3.63) is 64.7 Å². The zero-order valence-electron chi connectivity index (χ0n) is 18.0. The predicted octanol–water partition coefficient (Wildman–Crippen LogP) is 2.85. The summed E-state index contributed by atoms with van der Waals surface area (Å²) in [5, 5.41) is 3.55. The quantitative estimate of drug-likeness (QED) is 0.701. The Hall–Kier alpha value is -3.39. The maximum Gasteiger partial charge on any atom is 0.322 e. The maximum atomic E-state index is 12.7. The number of urea groups is 1. The van der Waals surface area contributed by atoms with Crippen molar-refractivity contribution in [2.24, 2.45) is 7.05 Å². The number of carbonyl (C=O) groups excluding carboxylic acids is 1. The van der Waals surface area contributed by atoms with Gasteiger partial charge in [-0.05, 0) is 31.2 Å². The molecule has 0 unspecified atom stereocenters. The van der Waals surface area contributed by atoms with Crippen molar-refractivity contribution >= 4 is 22.6 Å². The average Bonchev–Trinajstić information content (AvgIpc) is 2.81. The third-order valence-corrected chi connectivity index (χ3v) is 5.89. The SMILES string of the molecule is COc1ccccc1NC(=O)N1CCN([C@@H](C)c2nc3ccccc3c(=O)n2C)CC1. The van der Waals surface area contributed by atoms with Crippen LogP contribution in [0.25, 0.3) is 10.9 Å². The fourth-order valence-corrected chi connectivity index (χ4v) is 4.03. The van der Waals surface area contributed by atoms with E-state index in [0.29, 0.717) is 48.5 Å². The highest BCUT2D eigenvalue weighted by Crippen LogP contribution is 2.24. The van der Waals surface area contributed by atoms with Crippen molar-refractivity contribution in [3.8, 4) is 5.75 Å². The van der Waals surface area contributed by atoms with Crippen LogP contribution in [0.2, 0.25) is 0 Å². The Bertz CT molecular complexity index is 1150. The molecule has 2 amide bonds. The molecule has 0 saturated carbocycles. The first-order chi connectivity index (χ1) is 15.0. The Morgan fingerprint density at radius 1 is 1.06 bits per heavy atom. The van der Waals surface area contributed by atoms with Gasteiger partial charge in [0.05, 0.1) is 29.7 Å². The lowest BCUT2D eigenvalue weighted by atomic mass is 10.2. The normalized spacial score (nSPS) is 15.6. The third-order valence-electron chi connectivity index (χ3n) is 5.89. The minimum atomic E-state index is -0.145.